The fourth-order valence-corrected chi connectivity index (χ4v) is 1.99. The fourth-order valence-electron chi connectivity index (χ4n) is 1.99. The van der Waals surface area contributed by atoms with E-state index in [2.05, 4.69) is 10.3 Å². The molecule has 2 aromatic rings. The number of hydrogen-bond donors (Lipinski definition) is 1. The molecule has 1 aromatic carbocycles. The summed E-state index contributed by atoms with van der Waals surface area (Å²) >= 11 is 0. The summed E-state index contributed by atoms with van der Waals surface area (Å²) in [5, 5.41) is 2.92. The summed E-state index contributed by atoms with van der Waals surface area (Å²) in [6.45, 7) is 3.42. The molecule has 1 amide bonds. The van der Waals surface area contributed by atoms with Crippen LogP contribution in [0.25, 0.3) is 0 Å². The van der Waals surface area contributed by atoms with Crippen LogP contribution in [0.3, 0.4) is 0 Å². The number of imidazole rings is 1. The van der Waals surface area contributed by atoms with Crippen LogP contribution in [0.15, 0.2) is 49.1 Å². The Morgan fingerprint density at radius 1 is 1.38 bits per heavy atom. The van der Waals surface area contributed by atoms with Crippen molar-refractivity contribution in [3.63, 3.8) is 0 Å². The maximum atomic E-state index is 12.1. The summed E-state index contributed by atoms with van der Waals surface area (Å²) in [6, 6.07) is 9.42. The zero-order valence-corrected chi connectivity index (χ0v) is 12.2. The van der Waals surface area contributed by atoms with Crippen LogP contribution >= 0.6 is 0 Å². The highest BCUT2D eigenvalue weighted by molar-refractivity contribution is 5.81. The summed E-state index contributed by atoms with van der Waals surface area (Å²) in [4.78, 5) is 16.1. The van der Waals surface area contributed by atoms with Crippen molar-refractivity contribution in [2.45, 2.75) is 32.4 Å². The summed E-state index contributed by atoms with van der Waals surface area (Å²) in [5.41, 5.74) is 0. The number of aryl methyl sites for hydroxylation is 1. The normalized spacial score (nSPS) is 11.9. The zero-order valence-electron chi connectivity index (χ0n) is 12.2. The Kier molecular flexibility index (Phi) is 5.82. The highest BCUT2D eigenvalue weighted by atomic mass is 16.5. The van der Waals surface area contributed by atoms with Crippen molar-refractivity contribution in [2.24, 2.45) is 0 Å². The second-order valence-electron chi connectivity index (χ2n) is 4.77. The Morgan fingerprint density at radius 2 is 2.19 bits per heavy atom. The molecule has 0 bridgehead atoms. The van der Waals surface area contributed by atoms with Crippen molar-refractivity contribution in [1.82, 2.24) is 14.9 Å². The Morgan fingerprint density at radius 3 is 2.86 bits per heavy atom. The van der Waals surface area contributed by atoms with E-state index in [0.717, 1.165) is 18.7 Å². The van der Waals surface area contributed by atoms with Gasteiger partial charge in [0.25, 0.3) is 5.91 Å². The number of aromatic nitrogens is 2. The lowest BCUT2D eigenvalue weighted by molar-refractivity contribution is -0.128. The standard InChI is InChI=1S/C16H21N3O2/c1-2-15(21-14-7-4-3-5-8-14)16(20)18-9-6-11-19-12-10-17-13-19/h3-5,7-8,10,12-13,15H,2,6,9,11H2,1H3,(H,18,20). The molecular weight excluding hydrogens is 266 g/mol. The van der Waals surface area contributed by atoms with Crippen LogP contribution < -0.4 is 10.1 Å². The summed E-state index contributed by atoms with van der Waals surface area (Å²) in [6.07, 6.45) is 6.50. The van der Waals surface area contributed by atoms with Crippen molar-refractivity contribution in [3.8, 4) is 5.75 Å². The fraction of sp³-hybridized carbons (Fsp3) is 0.375. The van der Waals surface area contributed by atoms with Crippen LogP contribution in [-0.2, 0) is 11.3 Å². The predicted molar refractivity (Wildman–Crippen MR) is 81.0 cm³/mol. The van der Waals surface area contributed by atoms with Gasteiger partial charge in [0.15, 0.2) is 6.10 Å². The van der Waals surface area contributed by atoms with Crippen LogP contribution in [0.1, 0.15) is 19.8 Å². The molecule has 112 valence electrons. The summed E-state index contributed by atoms with van der Waals surface area (Å²) in [7, 11) is 0. The Balaban J connectivity index is 1.72. The van der Waals surface area contributed by atoms with Gasteiger partial charge in [0.05, 0.1) is 6.33 Å². The third kappa shape index (κ3) is 4.95. The zero-order chi connectivity index (χ0) is 14.9. The summed E-state index contributed by atoms with van der Waals surface area (Å²) in [5.74, 6) is 0.657. The third-order valence-electron chi connectivity index (χ3n) is 3.14. The molecule has 1 unspecified atom stereocenters. The highest BCUT2D eigenvalue weighted by Crippen LogP contribution is 2.12. The van der Waals surface area contributed by atoms with E-state index in [1.807, 2.05) is 48.0 Å². The Labute approximate surface area is 125 Å². The monoisotopic (exact) mass is 287 g/mol. The molecular formula is C16H21N3O2. The van der Waals surface area contributed by atoms with E-state index in [1.54, 1.807) is 12.5 Å². The Hall–Kier alpha value is -2.30. The van der Waals surface area contributed by atoms with Crippen molar-refractivity contribution in [2.75, 3.05) is 6.54 Å². The molecule has 0 aliphatic rings. The quantitative estimate of drug-likeness (QED) is 0.758. The maximum absolute atomic E-state index is 12.1. The van der Waals surface area contributed by atoms with Gasteiger partial charge in [-0.15, -0.1) is 0 Å². The van der Waals surface area contributed by atoms with Gasteiger partial charge < -0.3 is 14.6 Å². The molecule has 5 heteroatoms. The number of para-hydroxylation sites is 1. The van der Waals surface area contributed by atoms with Crippen molar-refractivity contribution < 1.29 is 9.53 Å². The van der Waals surface area contributed by atoms with Crippen molar-refractivity contribution >= 4 is 5.91 Å². The minimum Gasteiger partial charge on any atom is -0.481 e. The van der Waals surface area contributed by atoms with Crippen LogP contribution in [0, 0.1) is 0 Å². The van der Waals surface area contributed by atoms with Gasteiger partial charge in [-0.2, -0.15) is 0 Å². The second-order valence-corrected chi connectivity index (χ2v) is 4.77. The van der Waals surface area contributed by atoms with Crippen LogP contribution in [-0.4, -0.2) is 28.1 Å². The molecule has 0 saturated carbocycles. The molecule has 0 radical (unpaired) electrons. The second kappa shape index (κ2) is 8.09. The van der Waals surface area contributed by atoms with Crippen LogP contribution in [0.5, 0.6) is 5.75 Å². The molecule has 0 spiro atoms. The smallest absolute Gasteiger partial charge is 0.261 e. The predicted octanol–water partition coefficient (Wildman–Crippen LogP) is 2.25. The van der Waals surface area contributed by atoms with E-state index in [0.29, 0.717) is 13.0 Å². The van der Waals surface area contributed by atoms with Gasteiger partial charge in [0, 0.05) is 25.5 Å². The van der Waals surface area contributed by atoms with Gasteiger partial charge in [-0.05, 0) is 25.0 Å². The van der Waals surface area contributed by atoms with Crippen molar-refractivity contribution in [3.05, 3.63) is 49.1 Å². The molecule has 0 aliphatic carbocycles. The average Bonchev–Trinajstić information content (AvgIpc) is 3.03. The first-order valence-electron chi connectivity index (χ1n) is 7.24. The van der Waals surface area contributed by atoms with Gasteiger partial charge in [-0.1, -0.05) is 25.1 Å². The SMILES string of the molecule is CCC(Oc1ccccc1)C(=O)NCCCn1ccnc1. The number of carbonyl (C=O) groups excluding carboxylic acids is 1. The number of nitrogens with one attached hydrogen (secondary N) is 1. The largest absolute Gasteiger partial charge is 0.481 e. The lowest BCUT2D eigenvalue weighted by Crippen LogP contribution is -2.38. The van der Waals surface area contributed by atoms with Crippen molar-refractivity contribution in [1.29, 1.82) is 0 Å². The minimum absolute atomic E-state index is 0.0630. The third-order valence-corrected chi connectivity index (χ3v) is 3.14. The van der Waals surface area contributed by atoms with E-state index >= 15 is 0 Å². The minimum atomic E-state index is -0.444. The number of nitrogens with zero attached hydrogens (tertiary/aromatic N) is 2. The molecule has 1 atom stereocenters. The molecule has 21 heavy (non-hydrogen) atoms. The van der Waals surface area contributed by atoms with E-state index < -0.39 is 6.10 Å². The van der Waals surface area contributed by atoms with Crippen LogP contribution in [0.2, 0.25) is 0 Å². The molecule has 1 heterocycles. The van der Waals surface area contributed by atoms with Gasteiger partial charge in [0.1, 0.15) is 5.75 Å². The molecule has 1 N–H and O–H groups in total. The topological polar surface area (TPSA) is 56.1 Å². The van der Waals surface area contributed by atoms with E-state index in [4.69, 9.17) is 4.74 Å². The van der Waals surface area contributed by atoms with Gasteiger partial charge in [-0.25, -0.2) is 4.98 Å². The molecule has 0 fully saturated rings. The number of rotatable bonds is 8. The molecule has 0 saturated heterocycles. The number of benzene rings is 1. The van der Waals surface area contributed by atoms with E-state index in [9.17, 15) is 4.79 Å². The van der Waals surface area contributed by atoms with E-state index in [-0.39, 0.29) is 5.91 Å². The van der Waals surface area contributed by atoms with Gasteiger partial charge in [-0.3, -0.25) is 4.79 Å². The first-order valence-corrected chi connectivity index (χ1v) is 7.24. The number of hydrogen-bond acceptors (Lipinski definition) is 3. The molecule has 5 nitrogen and oxygen atoms in total. The maximum Gasteiger partial charge on any atom is 0.261 e. The highest BCUT2D eigenvalue weighted by Gasteiger charge is 2.17. The molecule has 2 rings (SSSR count). The molecule has 0 aliphatic heterocycles. The van der Waals surface area contributed by atoms with Crippen LogP contribution in [0.4, 0.5) is 0 Å². The summed E-state index contributed by atoms with van der Waals surface area (Å²) < 4.78 is 7.69. The Bertz CT molecular complexity index is 526. The number of ether oxygens (including phenoxy) is 1. The van der Waals surface area contributed by atoms with E-state index in [1.165, 1.54) is 0 Å². The molecule has 1 aromatic heterocycles. The number of carbonyl (C=O) groups is 1. The van der Waals surface area contributed by atoms with Gasteiger partial charge >= 0.3 is 0 Å². The average molecular weight is 287 g/mol. The first kappa shape index (κ1) is 15.1. The number of amides is 1. The van der Waals surface area contributed by atoms with Gasteiger partial charge in [0.2, 0.25) is 0 Å². The lowest BCUT2D eigenvalue weighted by Gasteiger charge is -2.17. The lowest BCUT2D eigenvalue weighted by atomic mass is 10.2. The first-order chi connectivity index (χ1) is 10.3.